The number of nitrogens with zero attached hydrogens (tertiary/aromatic N) is 1. The minimum absolute atomic E-state index is 0.0152. The van der Waals surface area contributed by atoms with Gasteiger partial charge in [0, 0.05) is 37.7 Å². The Bertz CT molecular complexity index is 2200. The fourth-order valence-electron chi connectivity index (χ4n) is 6.12. The van der Waals surface area contributed by atoms with Gasteiger partial charge in [0.15, 0.2) is 0 Å². The van der Waals surface area contributed by atoms with Crippen LogP contribution in [0.2, 0.25) is 0 Å². The van der Waals surface area contributed by atoms with E-state index >= 15 is 0 Å². The van der Waals surface area contributed by atoms with Crippen molar-refractivity contribution in [3.8, 4) is 33.5 Å². The van der Waals surface area contributed by atoms with E-state index in [9.17, 15) is 2.74 Å². The molecule has 0 spiro atoms. The third-order valence-electron chi connectivity index (χ3n) is 8.61. The monoisotopic (exact) mass is 543 g/mol. The number of pyridine rings is 1. The zero-order valence-corrected chi connectivity index (χ0v) is 23.3. The summed E-state index contributed by atoms with van der Waals surface area (Å²) < 4.78 is 75.7. The predicted octanol–water partition coefficient (Wildman–Crippen LogP) is 11.3. The van der Waals surface area contributed by atoms with E-state index in [2.05, 4.69) is 18.8 Å². The molecule has 0 radical (unpaired) electrons. The van der Waals surface area contributed by atoms with Gasteiger partial charge in [-0.05, 0) is 96.2 Å². The van der Waals surface area contributed by atoms with Crippen molar-refractivity contribution in [2.45, 2.75) is 59.1 Å². The van der Waals surface area contributed by atoms with E-state index in [1.165, 1.54) is 12.3 Å². The Balaban J connectivity index is 1.44. The van der Waals surface area contributed by atoms with Gasteiger partial charge in [0.2, 0.25) is 0 Å². The fourth-order valence-corrected chi connectivity index (χ4v) is 6.12. The van der Waals surface area contributed by atoms with Crippen LogP contribution in [0.15, 0.2) is 102 Å². The molecule has 0 bridgehead atoms. The van der Waals surface area contributed by atoms with Gasteiger partial charge >= 0.3 is 0 Å². The van der Waals surface area contributed by atoms with E-state index in [4.69, 9.17) is 12.6 Å². The molecule has 204 valence electrons. The number of aryl methyl sites for hydroxylation is 2. The summed E-state index contributed by atoms with van der Waals surface area (Å²) in [5.74, 6) is -1.03. The van der Waals surface area contributed by atoms with Crippen LogP contribution in [-0.2, 0) is 0 Å². The molecule has 0 atom stereocenters. The van der Waals surface area contributed by atoms with Crippen LogP contribution in [-0.4, -0.2) is 4.98 Å². The Labute approximate surface area is 254 Å². The van der Waals surface area contributed by atoms with E-state index in [1.807, 2.05) is 66.7 Å². The van der Waals surface area contributed by atoms with Crippen molar-refractivity contribution in [2.75, 3.05) is 0 Å². The number of hydrogen-bond donors (Lipinski definition) is 0. The summed E-state index contributed by atoms with van der Waals surface area (Å²) in [6, 6.07) is 26.2. The van der Waals surface area contributed by atoms with Crippen LogP contribution in [0.4, 0.5) is 0 Å². The first-order valence-corrected chi connectivity index (χ1v) is 14.2. The highest BCUT2D eigenvalue weighted by molar-refractivity contribution is 6.12. The van der Waals surface area contributed by atoms with Gasteiger partial charge in [-0.15, -0.1) is 0 Å². The molecule has 1 saturated carbocycles. The molecular weight excluding hydrogens is 498 g/mol. The van der Waals surface area contributed by atoms with Gasteiger partial charge in [0.25, 0.3) is 0 Å². The lowest BCUT2D eigenvalue weighted by molar-refractivity contribution is 0.224. The van der Waals surface area contributed by atoms with E-state index in [1.54, 1.807) is 12.1 Å². The summed E-state index contributed by atoms with van der Waals surface area (Å²) in [5.41, 5.74) is 4.62. The molecule has 6 aromatic rings. The number of para-hydroxylation sites is 2. The highest BCUT2D eigenvalue weighted by atomic mass is 16.3. The molecule has 1 aliphatic carbocycles. The Morgan fingerprint density at radius 3 is 2.22 bits per heavy atom. The molecular formula is C39H37NO. The maximum absolute atomic E-state index is 9.31. The molecule has 2 heterocycles. The van der Waals surface area contributed by atoms with Crippen LogP contribution in [0.5, 0.6) is 0 Å². The molecule has 2 nitrogen and oxygen atoms in total. The first kappa shape index (κ1) is 18.3. The Morgan fingerprint density at radius 1 is 0.780 bits per heavy atom. The summed E-state index contributed by atoms with van der Waals surface area (Å²) in [4.78, 5) is 4.59. The molecule has 7 rings (SSSR count). The third kappa shape index (κ3) is 4.66. The van der Waals surface area contributed by atoms with Gasteiger partial charge in [-0.25, -0.2) is 0 Å². The third-order valence-corrected chi connectivity index (χ3v) is 8.61. The number of hydrogen-bond acceptors (Lipinski definition) is 2. The second-order valence-corrected chi connectivity index (χ2v) is 11.9. The van der Waals surface area contributed by atoms with Crippen molar-refractivity contribution < 1.29 is 15.4 Å². The van der Waals surface area contributed by atoms with E-state index in [0.29, 0.717) is 40.8 Å². The summed E-state index contributed by atoms with van der Waals surface area (Å²) in [6.07, 6.45) is 3.98. The maximum atomic E-state index is 9.31. The second kappa shape index (κ2) is 10.0. The lowest BCUT2D eigenvalue weighted by Crippen LogP contribution is -2.20. The summed E-state index contributed by atoms with van der Waals surface area (Å²) in [6.45, 7) is -0.969. The number of fused-ring (bicyclic) bond motifs is 3. The van der Waals surface area contributed by atoms with Crippen LogP contribution >= 0.6 is 0 Å². The van der Waals surface area contributed by atoms with E-state index in [-0.39, 0.29) is 33.7 Å². The Kier molecular flexibility index (Phi) is 4.48. The Hall–Kier alpha value is -4.17. The van der Waals surface area contributed by atoms with E-state index < -0.39 is 19.6 Å². The topological polar surface area (TPSA) is 26.0 Å². The van der Waals surface area contributed by atoms with Crippen LogP contribution < -0.4 is 0 Å². The summed E-state index contributed by atoms with van der Waals surface area (Å²) in [7, 11) is 0. The minimum atomic E-state index is -2.67. The standard InChI is InChI=1S/C39H37NO/c1-25-22-29(27-18-20-39(3,4)21-19-27)16-17-30(25)35-23-36(40-24-26(35)2)34-15-9-14-33-32-13-8-12-31(37(32)41-38(33)34)28-10-6-5-7-11-28/h5-17,22-24,27H,18-21H2,1-4H3/i1D3,2D3,17D,27D. The molecule has 0 N–H and O–H groups in total. The largest absolute Gasteiger partial charge is 0.455 e. The number of aromatic nitrogens is 1. The number of benzene rings is 4. The van der Waals surface area contributed by atoms with Gasteiger partial charge in [-0.1, -0.05) is 92.7 Å². The molecule has 0 unspecified atom stereocenters. The molecule has 41 heavy (non-hydrogen) atoms. The van der Waals surface area contributed by atoms with Crippen molar-refractivity contribution >= 4 is 21.9 Å². The van der Waals surface area contributed by atoms with Crippen molar-refractivity contribution in [1.29, 1.82) is 0 Å². The van der Waals surface area contributed by atoms with Crippen molar-refractivity contribution in [3.63, 3.8) is 0 Å². The molecule has 0 saturated heterocycles. The Morgan fingerprint density at radius 2 is 1.49 bits per heavy atom. The minimum Gasteiger partial charge on any atom is -0.455 e. The van der Waals surface area contributed by atoms with Gasteiger partial charge in [0.05, 0.1) is 7.06 Å². The van der Waals surface area contributed by atoms with Crippen LogP contribution in [0, 0.1) is 19.1 Å². The molecule has 0 amide bonds. The predicted molar refractivity (Wildman–Crippen MR) is 172 cm³/mol. The molecule has 2 heteroatoms. The first-order chi connectivity index (χ1) is 23.1. The number of furan rings is 1. The highest BCUT2D eigenvalue weighted by Gasteiger charge is 2.28. The molecule has 0 aliphatic heterocycles. The quantitative estimate of drug-likeness (QED) is 0.221. The summed E-state index contributed by atoms with van der Waals surface area (Å²) >= 11 is 0. The SMILES string of the molecule is [2H]c1cc(C2([2H])CCC(C)(C)CC2)cc(C([2H])([2H])[2H])c1-c1cc(-c2cccc3c2oc2c(-c4ccccc4)cccc23)ncc1C([2H])([2H])[2H]. The van der Waals surface area contributed by atoms with Crippen LogP contribution in [0.25, 0.3) is 55.4 Å². The van der Waals surface area contributed by atoms with Crippen LogP contribution in [0.3, 0.4) is 0 Å². The molecule has 1 fully saturated rings. The zero-order valence-electron chi connectivity index (χ0n) is 31.3. The normalized spacial score (nSPS) is 19.8. The highest BCUT2D eigenvalue weighted by Crippen LogP contribution is 2.44. The lowest BCUT2D eigenvalue weighted by atomic mass is 9.71. The maximum Gasteiger partial charge on any atom is 0.144 e. The molecule has 2 aromatic heterocycles. The van der Waals surface area contributed by atoms with Gasteiger partial charge < -0.3 is 4.42 Å². The van der Waals surface area contributed by atoms with Crippen molar-refractivity contribution in [2.24, 2.45) is 5.41 Å². The average Bonchev–Trinajstić information content (AvgIpc) is 3.44. The number of rotatable bonds is 4. The van der Waals surface area contributed by atoms with Gasteiger partial charge in [-0.2, -0.15) is 0 Å². The average molecular weight is 544 g/mol. The smallest absolute Gasteiger partial charge is 0.144 e. The van der Waals surface area contributed by atoms with Gasteiger partial charge in [-0.3, -0.25) is 4.98 Å². The fraction of sp³-hybridized carbons (Fsp3) is 0.256. The van der Waals surface area contributed by atoms with Crippen molar-refractivity contribution in [3.05, 3.63) is 114 Å². The first-order valence-electron chi connectivity index (χ1n) is 18.2. The second-order valence-electron chi connectivity index (χ2n) is 11.9. The van der Waals surface area contributed by atoms with E-state index in [0.717, 1.165) is 34.7 Å². The molecule has 1 aliphatic rings. The van der Waals surface area contributed by atoms with Crippen molar-refractivity contribution in [1.82, 2.24) is 4.98 Å². The molecule has 4 aromatic carbocycles. The van der Waals surface area contributed by atoms with Crippen LogP contribution in [0.1, 0.15) is 73.1 Å². The summed E-state index contributed by atoms with van der Waals surface area (Å²) in [5, 5.41) is 1.78. The zero-order chi connectivity index (χ0) is 34.9. The lowest BCUT2D eigenvalue weighted by Gasteiger charge is -2.34. The van der Waals surface area contributed by atoms with Gasteiger partial charge in [0.1, 0.15) is 11.2 Å².